The number of hydrogen-bond donors (Lipinski definition) is 0. The van der Waals surface area contributed by atoms with E-state index in [0.29, 0.717) is 12.1 Å². The van der Waals surface area contributed by atoms with Crippen LogP contribution in [0.1, 0.15) is 19.3 Å². The van der Waals surface area contributed by atoms with Crippen LogP contribution >= 0.6 is 0 Å². The number of benzene rings is 2. The van der Waals surface area contributed by atoms with Crippen LogP contribution in [0.25, 0.3) is 22.2 Å². The largest absolute Gasteiger partial charge is 0.332 e. The Kier molecular flexibility index (Phi) is 3.86. The average Bonchev–Trinajstić information content (AvgIpc) is 2.67. The van der Waals surface area contributed by atoms with Crippen molar-refractivity contribution in [1.82, 2.24) is 14.9 Å². The second-order valence-electron chi connectivity index (χ2n) is 7.62. The summed E-state index contributed by atoms with van der Waals surface area (Å²) in [5.74, 6) is 0.908. The Hall–Kier alpha value is -2.46. The fourth-order valence-electron chi connectivity index (χ4n) is 4.64. The molecule has 2 unspecified atom stereocenters. The van der Waals surface area contributed by atoms with E-state index in [-0.39, 0.29) is 0 Å². The highest BCUT2D eigenvalue weighted by Crippen LogP contribution is 2.34. The van der Waals surface area contributed by atoms with Crippen LogP contribution in [0.2, 0.25) is 0 Å². The van der Waals surface area contributed by atoms with Gasteiger partial charge in [0.1, 0.15) is 0 Å². The van der Waals surface area contributed by atoms with E-state index < -0.39 is 0 Å². The van der Waals surface area contributed by atoms with Crippen molar-refractivity contribution in [3.05, 3.63) is 54.6 Å². The lowest BCUT2D eigenvalue weighted by molar-refractivity contribution is 0.182. The molecular formula is C22H24N4. The van der Waals surface area contributed by atoms with Crippen LogP contribution in [0.5, 0.6) is 0 Å². The van der Waals surface area contributed by atoms with E-state index in [1.807, 2.05) is 0 Å². The lowest BCUT2D eigenvalue weighted by Crippen LogP contribution is -2.60. The third-order valence-corrected chi connectivity index (χ3v) is 5.78. The zero-order chi connectivity index (χ0) is 17.5. The minimum absolute atomic E-state index is 0.525. The van der Waals surface area contributed by atoms with Crippen molar-refractivity contribution in [2.45, 2.75) is 31.3 Å². The van der Waals surface area contributed by atoms with Gasteiger partial charge >= 0.3 is 0 Å². The Morgan fingerprint density at radius 3 is 2.31 bits per heavy atom. The maximum atomic E-state index is 5.10. The number of likely N-dealkylation sites (tertiary alicyclic amines) is 1. The van der Waals surface area contributed by atoms with Gasteiger partial charge in [-0.3, -0.25) is 0 Å². The molecule has 0 saturated carbocycles. The van der Waals surface area contributed by atoms with E-state index in [1.54, 1.807) is 0 Å². The quantitative estimate of drug-likeness (QED) is 0.704. The highest BCUT2D eigenvalue weighted by Gasteiger charge is 2.37. The fourth-order valence-corrected chi connectivity index (χ4v) is 4.64. The van der Waals surface area contributed by atoms with Crippen LogP contribution in [-0.4, -0.2) is 47.1 Å². The van der Waals surface area contributed by atoms with Crippen molar-refractivity contribution in [1.29, 1.82) is 0 Å². The fraction of sp³-hybridized carbons (Fsp3) is 0.364. The minimum Gasteiger partial charge on any atom is -0.332 e. The smallest absolute Gasteiger partial charge is 0.227 e. The molecule has 0 N–H and O–H groups in total. The summed E-state index contributed by atoms with van der Waals surface area (Å²) in [4.78, 5) is 15.1. The molecule has 3 heterocycles. The Morgan fingerprint density at radius 1 is 0.846 bits per heavy atom. The number of nitrogens with zero attached hydrogens (tertiary/aromatic N) is 4. The van der Waals surface area contributed by atoms with Gasteiger partial charge in [0, 0.05) is 36.1 Å². The third-order valence-electron chi connectivity index (χ3n) is 5.78. The summed E-state index contributed by atoms with van der Waals surface area (Å²) >= 11 is 0. The number of rotatable bonds is 2. The van der Waals surface area contributed by atoms with Gasteiger partial charge in [0.2, 0.25) is 5.95 Å². The first-order valence-electron chi connectivity index (χ1n) is 9.59. The second-order valence-corrected chi connectivity index (χ2v) is 7.62. The van der Waals surface area contributed by atoms with E-state index in [4.69, 9.17) is 9.97 Å². The first-order chi connectivity index (χ1) is 12.8. The molecular weight excluding hydrogens is 320 g/mol. The van der Waals surface area contributed by atoms with Gasteiger partial charge in [-0.25, -0.2) is 9.97 Å². The van der Waals surface area contributed by atoms with Crippen LogP contribution in [0.4, 0.5) is 5.95 Å². The van der Waals surface area contributed by atoms with E-state index in [1.165, 1.54) is 19.3 Å². The number of para-hydroxylation sites is 1. The Labute approximate surface area is 154 Å². The summed E-state index contributed by atoms with van der Waals surface area (Å²) in [6.45, 7) is 2.21. The molecule has 0 radical (unpaired) electrons. The number of anilines is 1. The standard InChI is InChI=1S/C22H24N4/c1-25-14-17-10-7-11-18(15-25)26(17)22-23-20-13-6-5-12-19(20)21(24-22)16-8-3-2-4-9-16/h2-6,8-9,12-13,17-18H,7,10-11,14-15H2,1H3. The molecule has 2 aromatic carbocycles. The first-order valence-corrected chi connectivity index (χ1v) is 9.59. The maximum absolute atomic E-state index is 5.10. The summed E-state index contributed by atoms with van der Waals surface area (Å²) in [5, 5.41) is 1.13. The number of fused-ring (bicyclic) bond motifs is 3. The summed E-state index contributed by atoms with van der Waals surface area (Å²) in [6.07, 6.45) is 3.79. The van der Waals surface area contributed by atoms with Gasteiger partial charge in [0.05, 0.1) is 11.2 Å². The molecule has 0 spiro atoms. The number of piperazine rings is 1. The van der Waals surface area contributed by atoms with Crippen molar-refractivity contribution in [3.8, 4) is 11.3 Å². The van der Waals surface area contributed by atoms with Gasteiger partial charge < -0.3 is 9.80 Å². The van der Waals surface area contributed by atoms with Crippen molar-refractivity contribution in [2.75, 3.05) is 25.0 Å². The molecule has 0 amide bonds. The van der Waals surface area contributed by atoms with Gasteiger partial charge in [-0.05, 0) is 32.4 Å². The van der Waals surface area contributed by atoms with Crippen LogP contribution in [0, 0.1) is 0 Å². The zero-order valence-electron chi connectivity index (χ0n) is 15.2. The van der Waals surface area contributed by atoms with Crippen LogP contribution in [-0.2, 0) is 0 Å². The van der Waals surface area contributed by atoms with Crippen molar-refractivity contribution < 1.29 is 0 Å². The van der Waals surface area contributed by atoms with Gasteiger partial charge in [0.15, 0.2) is 0 Å². The predicted molar refractivity (Wildman–Crippen MR) is 106 cm³/mol. The molecule has 132 valence electrons. The highest BCUT2D eigenvalue weighted by molar-refractivity contribution is 5.93. The number of hydrogen-bond acceptors (Lipinski definition) is 4. The summed E-state index contributed by atoms with van der Waals surface area (Å²) in [5.41, 5.74) is 3.24. The highest BCUT2D eigenvalue weighted by atomic mass is 15.4. The SMILES string of the molecule is CN1CC2CCCC(C1)N2c1nc(-c2ccccc2)c2ccccc2n1. The van der Waals surface area contributed by atoms with Gasteiger partial charge in [-0.2, -0.15) is 0 Å². The van der Waals surface area contributed by atoms with Crippen LogP contribution in [0.15, 0.2) is 54.6 Å². The normalized spacial score (nSPS) is 23.3. The van der Waals surface area contributed by atoms with Gasteiger partial charge in [-0.15, -0.1) is 0 Å². The van der Waals surface area contributed by atoms with Crippen LogP contribution < -0.4 is 4.90 Å². The third kappa shape index (κ3) is 2.65. The summed E-state index contributed by atoms with van der Waals surface area (Å²) in [7, 11) is 2.24. The van der Waals surface area contributed by atoms with Crippen molar-refractivity contribution in [3.63, 3.8) is 0 Å². The molecule has 0 aliphatic carbocycles. The van der Waals surface area contributed by atoms with Gasteiger partial charge in [-0.1, -0.05) is 48.5 Å². The molecule has 2 fully saturated rings. The number of likely N-dealkylation sites (N-methyl/N-ethyl adjacent to an activating group) is 1. The van der Waals surface area contributed by atoms with Crippen LogP contribution in [0.3, 0.4) is 0 Å². The molecule has 2 aliphatic rings. The van der Waals surface area contributed by atoms with E-state index in [0.717, 1.165) is 41.2 Å². The molecule has 1 aromatic heterocycles. The van der Waals surface area contributed by atoms with Crippen molar-refractivity contribution in [2.24, 2.45) is 0 Å². The minimum atomic E-state index is 0.525. The molecule has 2 bridgehead atoms. The Balaban J connectivity index is 1.67. The maximum Gasteiger partial charge on any atom is 0.227 e. The summed E-state index contributed by atoms with van der Waals surface area (Å²) in [6, 6.07) is 19.9. The Bertz CT molecular complexity index is 910. The van der Waals surface area contributed by atoms with E-state index >= 15 is 0 Å². The molecule has 5 rings (SSSR count). The molecule has 2 aliphatic heterocycles. The number of piperidine rings is 1. The molecule has 26 heavy (non-hydrogen) atoms. The second kappa shape index (κ2) is 6.36. The first kappa shape index (κ1) is 15.8. The molecule has 4 heteroatoms. The zero-order valence-corrected chi connectivity index (χ0v) is 15.2. The molecule has 2 atom stereocenters. The number of aromatic nitrogens is 2. The van der Waals surface area contributed by atoms with Gasteiger partial charge in [0.25, 0.3) is 0 Å². The lowest BCUT2D eigenvalue weighted by atomic mass is 9.92. The monoisotopic (exact) mass is 344 g/mol. The summed E-state index contributed by atoms with van der Waals surface area (Å²) < 4.78 is 0. The predicted octanol–water partition coefficient (Wildman–Crippen LogP) is 3.97. The topological polar surface area (TPSA) is 32.3 Å². The van der Waals surface area contributed by atoms with E-state index in [2.05, 4.69) is 71.4 Å². The average molecular weight is 344 g/mol. The molecule has 3 aromatic rings. The molecule has 4 nitrogen and oxygen atoms in total. The van der Waals surface area contributed by atoms with E-state index in [9.17, 15) is 0 Å². The van der Waals surface area contributed by atoms with Crippen molar-refractivity contribution >= 4 is 16.9 Å². The Morgan fingerprint density at radius 2 is 1.54 bits per heavy atom. The molecule has 2 saturated heterocycles. The lowest BCUT2D eigenvalue weighted by Gasteiger charge is -2.49.